The van der Waals surface area contributed by atoms with Crippen molar-refractivity contribution in [2.24, 2.45) is 5.73 Å². The van der Waals surface area contributed by atoms with E-state index >= 15 is 0 Å². The number of ether oxygens (including phenoxy) is 1. The van der Waals surface area contributed by atoms with Gasteiger partial charge in [-0.05, 0) is 0 Å². The second-order valence-electron chi connectivity index (χ2n) is 4.06. The first-order valence-electron chi connectivity index (χ1n) is 5.65. The van der Waals surface area contributed by atoms with Crippen LogP contribution in [0.1, 0.15) is 10.5 Å². The number of primary amides is 1. The van der Waals surface area contributed by atoms with E-state index in [1.165, 1.54) is 7.11 Å². The van der Waals surface area contributed by atoms with Crippen molar-refractivity contribution in [2.75, 3.05) is 11.8 Å². The molecule has 0 fully saturated rings. The van der Waals surface area contributed by atoms with Gasteiger partial charge in [0.15, 0.2) is 10.7 Å². The number of nitrogens with one attached hydrogen (secondary N) is 2. The number of hydrogen-bond donors (Lipinski definition) is 3. The van der Waals surface area contributed by atoms with Crippen LogP contribution in [0, 0.1) is 11.6 Å². The number of carbonyl (C=O) groups is 1. The Morgan fingerprint density at radius 3 is 2.36 bits per heavy atom. The molecule has 0 aliphatic rings. The minimum atomic E-state index is -4.60. The summed E-state index contributed by atoms with van der Waals surface area (Å²) in [6.45, 7) is 0. The summed E-state index contributed by atoms with van der Waals surface area (Å²) in [5.41, 5.74) is 4.79. The van der Waals surface area contributed by atoms with Crippen LogP contribution in [0.25, 0.3) is 0 Å². The molecule has 1 aromatic carbocycles. The maximum Gasteiger partial charge on any atom is 0.268 e. The molecule has 1 aromatic heterocycles. The van der Waals surface area contributed by atoms with Gasteiger partial charge in [-0.1, -0.05) is 0 Å². The molecule has 4 N–H and O–H groups in total. The number of methoxy groups -OCH3 is 1. The number of benzene rings is 1. The summed E-state index contributed by atoms with van der Waals surface area (Å²) in [6.07, 6.45) is 0. The number of carbonyl (C=O) groups excluding carboxylic acids is 1. The van der Waals surface area contributed by atoms with Crippen LogP contribution in [0.5, 0.6) is 5.75 Å². The van der Waals surface area contributed by atoms with E-state index in [0.29, 0.717) is 0 Å². The zero-order valence-corrected chi connectivity index (χ0v) is 11.9. The molecule has 0 aliphatic carbocycles. The second kappa shape index (κ2) is 5.60. The van der Waals surface area contributed by atoms with Gasteiger partial charge in [-0.2, -0.15) is 5.10 Å². The predicted octanol–water partition coefficient (Wildman–Crippen LogP) is 0.596. The molecule has 0 saturated carbocycles. The van der Waals surface area contributed by atoms with Gasteiger partial charge in [0.1, 0.15) is 23.1 Å². The number of rotatable bonds is 5. The number of hydrogen-bond acceptors (Lipinski definition) is 5. The molecule has 11 heteroatoms. The van der Waals surface area contributed by atoms with E-state index in [2.05, 4.69) is 14.9 Å². The number of sulfonamides is 1. The molecular weight excluding hydrogens is 322 g/mol. The standard InChI is InChI=1S/C11H10F2N4O4S/c1-21-5-2-6(12)10(7(13)3-5)22(19,20)17-9-4-8(11(14)18)15-16-9/h2-4H,1H3,(H2,14,18)(H2,15,16,17). The van der Waals surface area contributed by atoms with Gasteiger partial charge in [-0.3, -0.25) is 14.6 Å². The molecule has 0 spiro atoms. The van der Waals surface area contributed by atoms with Crippen molar-refractivity contribution in [1.82, 2.24) is 10.2 Å². The SMILES string of the molecule is COc1cc(F)c(S(=O)(=O)Nc2cc(C(N)=O)[nH]n2)c(F)c1. The Bertz CT molecular complexity index is 811. The fourth-order valence-electron chi connectivity index (χ4n) is 1.60. The molecule has 0 unspecified atom stereocenters. The Morgan fingerprint density at radius 2 is 1.91 bits per heavy atom. The zero-order chi connectivity index (χ0) is 16.5. The van der Waals surface area contributed by atoms with Crippen molar-refractivity contribution in [3.63, 3.8) is 0 Å². The monoisotopic (exact) mass is 332 g/mol. The minimum absolute atomic E-state index is 0.173. The highest BCUT2D eigenvalue weighted by molar-refractivity contribution is 7.92. The molecule has 0 radical (unpaired) electrons. The topological polar surface area (TPSA) is 127 Å². The Morgan fingerprint density at radius 1 is 1.32 bits per heavy atom. The van der Waals surface area contributed by atoms with E-state index in [9.17, 15) is 22.0 Å². The lowest BCUT2D eigenvalue weighted by Gasteiger charge is -2.09. The Hall–Kier alpha value is -2.69. The van der Waals surface area contributed by atoms with Gasteiger partial charge in [0.2, 0.25) is 0 Å². The molecular formula is C11H10F2N4O4S. The average Bonchev–Trinajstić information content (AvgIpc) is 2.85. The van der Waals surface area contributed by atoms with Crippen LogP contribution >= 0.6 is 0 Å². The van der Waals surface area contributed by atoms with Crippen LogP contribution in [0.2, 0.25) is 0 Å². The van der Waals surface area contributed by atoms with Gasteiger partial charge in [0, 0.05) is 18.2 Å². The zero-order valence-electron chi connectivity index (χ0n) is 11.1. The second-order valence-corrected chi connectivity index (χ2v) is 5.68. The van der Waals surface area contributed by atoms with Crippen LogP contribution in [-0.2, 0) is 10.0 Å². The van der Waals surface area contributed by atoms with Crippen molar-refractivity contribution in [2.45, 2.75) is 4.90 Å². The molecule has 1 heterocycles. The number of nitrogens with two attached hydrogens (primary N) is 1. The predicted molar refractivity (Wildman–Crippen MR) is 70.8 cm³/mol. The first-order chi connectivity index (χ1) is 10.2. The highest BCUT2D eigenvalue weighted by Crippen LogP contribution is 2.25. The highest BCUT2D eigenvalue weighted by Gasteiger charge is 2.26. The van der Waals surface area contributed by atoms with E-state index in [-0.39, 0.29) is 17.3 Å². The van der Waals surface area contributed by atoms with E-state index in [4.69, 9.17) is 5.73 Å². The maximum atomic E-state index is 13.8. The fraction of sp³-hybridized carbons (Fsp3) is 0.0909. The summed E-state index contributed by atoms with van der Waals surface area (Å²) in [4.78, 5) is 9.67. The number of aromatic amines is 1. The average molecular weight is 332 g/mol. The summed E-state index contributed by atoms with van der Waals surface area (Å²) in [6, 6.07) is 2.42. The third-order valence-corrected chi connectivity index (χ3v) is 3.96. The molecule has 118 valence electrons. The van der Waals surface area contributed by atoms with Crippen LogP contribution in [0.4, 0.5) is 14.6 Å². The highest BCUT2D eigenvalue weighted by atomic mass is 32.2. The molecule has 8 nitrogen and oxygen atoms in total. The normalized spacial score (nSPS) is 11.2. The molecule has 22 heavy (non-hydrogen) atoms. The molecule has 0 bridgehead atoms. The number of nitrogens with zero attached hydrogens (tertiary/aromatic N) is 1. The lowest BCUT2D eigenvalue weighted by atomic mass is 10.3. The third-order valence-electron chi connectivity index (χ3n) is 2.56. The number of aromatic nitrogens is 2. The van der Waals surface area contributed by atoms with Crippen LogP contribution in [-0.4, -0.2) is 31.6 Å². The summed E-state index contributed by atoms with van der Waals surface area (Å²) in [5.74, 6) is -4.07. The first kappa shape index (κ1) is 15.7. The van der Waals surface area contributed by atoms with Gasteiger partial charge < -0.3 is 10.5 Å². The van der Waals surface area contributed by atoms with E-state index in [1.54, 1.807) is 0 Å². The number of anilines is 1. The molecule has 2 rings (SSSR count). The molecule has 0 saturated heterocycles. The fourth-order valence-corrected chi connectivity index (χ4v) is 2.71. The van der Waals surface area contributed by atoms with Gasteiger partial charge in [0.05, 0.1) is 7.11 Å². The molecule has 1 amide bonds. The van der Waals surface area contributed by atoms with Crippen molar-refractivity contribution >= 4 is 21.7 Å². The number of H-pyrrole nitrogens is 1. The number of halogens is 2. The smallest absolute Gasteiger partial charge is 0.268 e. The maximum absolute atomic E-state index is 13.8. The minimum Gasteiger partial charge on any atom is -0.497 e. The molecule has 0 aliphatic heterocycles. The lowest BCUT2D eigenvalue weighted by molar-refractivity contribution is 0.0995. The van der Waals surface area contributed by atoms with E-state index in [0.717, 1.165) is 18.2 Å². The van der Waals surface area contributed by atoms with Crippen LogP contribution < -0.4 is 15.2 Å². The van der Waals surface area contributed by atoms with Crippen molar-refractivity contribution in [1.29, 1.82) is 0 Å². The Balaban J connectivity index is 2.40. The van der Waals surface area contributed by atoms with Crippen molar-refractivity contribution in [3.8, 4) is 5.75 Å². The molecule has 0 atom stereocenters. The summed E-state index contributed by atoms with van der Waals surface area (Å²) in [5, 5.41) is 5.62. The van der Waals surface area contributed by atoms with Gasteiger partial charge in [-0.15, -0.1) is 0 Å². The summed E-state index contributed by atoms with van der Waals surface area (Å²) in [7, 11) is -3.43. The third kappa shape index (κ3) is 2.98. The lowest BCUT2D eigenvalue weighted by Crippen LogP contribution is -2.17. The van der Waals surface area contributed by atoms with Crippen LogP contribution in [0.3, 0.4) is 0 Å². The van der Waals surface area contributed by atoms with Crippen molar-refractivity contribution < 1.29 is 26.7 Å². The van der Waals surface area contributed by atoms with Crippen molar-refractivity contribution in [3.05, 3.63) is 35.5 Å². The van der Waals surface area contributed by atoms with Gasteiger partial charge in [0.25, 0.3) is 15.9 Å². The Labute approximate surface area is 123 Å². The first-order valence-corrected chi connectivity index (χ1v) is 7.14. The van der Waals surface area contributed by atoms with Crippen LogP contribution in [0.15, 0.2) is 23.1 Å². The summed E-state index contributed by atoms with van der Waals surface area (Å²) >= 11 is 0. The summed E-state index contributed by atoms with van der Waals surface area (Å²) < 4.78 is 58.1. The van der Waals surface area contributed by atoms with E-state index in [1.807, 2.05) is 4.72 Å². The number of amides is 1. The quantitative estimate of drug-likeness (QED) is 0.739. The van der Waals surface area contributed by atoms with Gasteiger partial charge in [-0.25, -0.2) is 17.2 Å². The van der Waals surface area contributed by atoms with E-state index < -0.39 is 32.5 Å². The Kier molecular flexibility index (Phi) is 3.99. The largest absolute Gasteiger partial charge is 0.497 e. The molecule has 2 aromatic rings. The van der Waals surface area contributed by atoms with Gasteiger partial charge >= 0.3 is 0 Å².